The molecule has 0 aliphatic rings. The van der Waals surface area contributed by atoms with Crippen molar-refractivity contribution in [2.45, 2.75) is 43.4 Å². The molecule has 1 atom stereocenters. The molecule has 0 bridgehead atoms. The number of benzene rings is 2. The Bertz CT molecular complexity index is 1230. The third-order valence-electron chi connectivity index (χ3n) is 5.49. The number of carbonyl (C=O) groups excluding carboxylic acids is 1. The van der Waals surface area contributed by atoms with Crippen molar-refractivity contribution in [3.63, 3.8) is 0 Å². The summed E-state index contributed by atoms with van der Waals surface area (Å²) < 4.78 is 72.1. The molecule has 2 aromatic carbocycles. The molecule has 3 aromatic rings. The van der Waals surface area contributed by atoms with Crippen LogP contribution in [0.15, 0.2) is 77.8 Å². The standard InChI is InChI=1S/C25H25F3N2O4S/c1-3-22(20-7-5-4-6-8-20)30(17-19-11-9-18(10-12-19)15-24(31)34-2)35(32,33)21-13-14-23(29-16-21)25(26,27)28/h4-14,16,22H,3,15,17H2,1-2H3. The topological polar surface area (TPSA) is 76.6 Å². The van der Waals surface area contributed by atoms with Gasteiger partial charge >= 0.3 is 12.1 Å². The average Bonchev–Trinajstić information content (AvgIpc) is 2.85. The summed E-state index contributed by atoms with van der Waals surface area (Å²) in [6.45, 7) is 1.81. The fourth-order valence-electron chi connectivity index (χ4n) is 3.66. The summed E-state index contributed by atoms with van der Waals surface area (Å²) in [6.07, 6.45) is -3.43. The highest BCUT2D eigenvalue weighted by molar-refractivity contribution is 7.89. The van der Waals surface area contributed by atoms with Gasteiger partial charge in [-0.05, 0) is 35.2 Å². The van der Waals surface area contributed by atoms with Gasteiger partial charge in [-0.25, -0.2) is 8.42 Å². The van der Waals surface area contributed by atoms with Gasteiger partial charge in [-0.2, -0.15) is 17.5 Å². The Kier molecular flexibility index (Phi) is 8.29. The first-order valence-corrected chi connectivity index (χ1v) is 12.2. The molecule has 0 N–H and O–H groups in total. The first kappa shape index (κ1) is 26.4. The minimum absolute atomic E-state index is 0.0325. The van der Waals surface area contributed by atoms with E-state index >= 15 is 0 Å². The van der Waals surface area contributed by atoms with E-state index in [4.69, 9.17) is 0 Å². The smallest absolute Gasteiger partial charge is 0.433 e. The van der Waals surface area contributed by atoms with Crippen molar-refractivity contribution in [1.82, 2.24) is 9.29 Å². The van der Waals surface area contributed by atoms with Gasteiger partial charge in [0, 0.05) is 12.7 Å². The number of rotatable bonds is 9. The number of halogens is 3. The minimum Gasteiger partial charge on any atom is -0.469 e. The highest BCUT2D eigenvalue weighted by Gasteiger charge is 2.35. The maximum absolute atomic E-state index is 13.7. The number of hydrogen-bond donors (Lipinski definition) is 0. The number of alkyl halides is 3. The molecule has 0 spiro atoms. The number of sulfonamides is 1. The molecular weight excluding hydrogens is 481 g/mol. The Morgan fingerprint density at radius 3 is 2.14 bits per heavy atom. The molecule has 0 aliphatic carbocycles. The van der Waals surface area contributed by atoms with Crippen molar-refractivity contribution >= 4 is 16.0 Å². The van der Waals surface area contributed by atoms with Crippen LogP contribution in [0.2, 0.25) is 0 Å². The molecule has 3 rings (SSSR count). The fourth-order valence-corrected chi connectivity index (χ4v) is 5.28. The molecule has 1 unspecified atom stereocenters. The predicted octanol–water partition coefficient (Wildman–Crippen LogP) is 5.16. The van der Waals surface area contributed by atoms with Crippen molar-refractivity contribution in [3.05, 3.63) is 95.3 Å². The van der Waals surface area contributed by atoms with Gasteiger partial charge in [0.25, 0.3) is 0 Å². The van der Waals surface area contributed by atoms with Gasteiger partial charge in [-0.15, -0.1) is 0 Å². The Morgan fingerprint density at radius 2 is 1.63 bits per heavy atom. The molecule has 1 heterocycles. The summed E-state index contributed by atoms with van der Waals surface area (Å²) >= 11 is 0. The van der Waals surface area contributed by atoms with Crippen LogP contribution in [0, 0.1) is 0 Å². The number of ether oxygens (including phenoxy) is 1. The lowest BCUT2D eigenvalue weighted by molar-refractivity contribution is -0.141. The number of aromatic nitrogens is 1. The van der Waals surface area contributed by atoms with Crippen LogP contribution in [0.25, 0.3) is 0 Å². The van der Waals surface area contributed by atoms with E-state index in [1.54, 1.807) is 48.5 Å². The summed E-state index contributed by atoms with van der Waals surface area (Å²) in [4.78, 5) is 14.5. The monoisotopic (exact) mass is 506 g/mol. The second-order valence-corrected chi connectivity index (χ2v) is 9.72. The summed E-state index contributed by atoms with van der Waals surface area (Å²) in [5.41, 5.74) is 0.938. The lowest BCUT2D eigenvalue weighted by atomic mass is 10.0. The van der Waals surface area contributed by atoms with Gasteiger partial charge < -0.3 is 4.74 Å². The number of pyridine rings is 1. The first-order valence-electron chi connectivity index (χ1n) is 10.8. The second-order valence-electron chi connectivity index (χ2n) is 7.83. The summed E-state index contributed by atoms with van der Waals surface area (Å²) in [7, 11) is -2.93. The summed E-state index contributed by atoms with van der Waals surface area (Å²) in [5.74, 6) is -0.396. The predicted molar refractivity (Wildman–Crippen MR) is 124 cm³/mol. The average molecular weight is 507 g/mol. The lowest BCUT2D eigenvalue weighted by Gasteiger charge is -2.31. The molecule has 0 fully saturated rings. The van der Waals surface area contributed by atoms with Crippen molar-refractivity contribution in [2.24, 2.45) is 0 Å². The Morgan fingerprint density at radius 1 is 1.00 bits per heavy atom. The van der Waals surface area contributed by atoms with Crippen LogP contribution in [-0.2, 0) is 38.7 Å². The largest absolute Gasteiger partial charge is 0.469 e. The van der Waals surface area contributed by atoms with Gasteiger partial charge in [-0.1, -0.05) is 61.5 Å². The molecule has 0 saturated heterocycles. The lowest BCUT2D eigenvalue weighted by Crippen LogP contribution is -2.34. The molecule has 1 aromatic heterocycles. The molecule has 0 radical (unpaired) electrons. The van der Waals surface area contributed by atoms with Crippen LogP contribution in [0.4, 0.5) is 13.2 Å². The number of hydrogen-bond acceptors (Lipinski definition) is 5. The van der Waals surface area contributed by atoms with Crippen LogP contribution in [-0.4, -0.2) is 30.8 Å². The van der Waals surface area contributed by atoms with E-state index in [-0.39, 0.29) is 17.9 Å². The Balaban J connectivity index is 2.00. The zero-order valence-corrected chi connectivity index (χ0v) is 20.0. The van der Waals surface area contributed by atoms with Gasteiger partial charge in [0.15, 0.2) is 0 Å². The van der Waals surface area contributed by atoms with E-state index in [1.807, 2.05) is 13.0 Å². The van der Waals surface area contributed by atoms with E-state index in [0.717, 1.165) is 17.8 Å². The normalized spacial score (nSPS) is 13.0. The van der Waals surface area contributed by atoms with Crippen LogP contribution in [0.5, 0.6) is 0 Å². The molecule has 186 valence electrons. The van der Waals surface area contributed by atoms with E-state index in [9.17, 15) is 26.4 Å². The highest BCUT2D eigenvalue weighted by atomic mass is 32.2. The van der Waals surface area contributed by atoms with Crippen molar-refractivity contribution in [2.75, 3.05) is 7.11 Å². The Hall–Kier alpha value is -3.24. The number of carbonyl (C=O) groups is 1. The molecule has 35 heavy (non-hydrogen) atoms. The van der Waals surface area contributed by atoms with E-state index in [1.165, 1.54) is 11.4 Å². The molecule has 0 aliphatic heterocycles. The molecule has 0 saturated carbocycles. The third kappa shape index (κ3) is 6.46. The van der Waals surface area contributed by atoms with Gasteiger partial charge in [-0.3, -0.25) is 9.78 Å². The van der Waals surface area contributed by atoms with Gasteiger partial charge in [0.2, 0.25) is 10.0 Å². The molecule has 0 amide bonds. The zero-order chi connectivity index (χ0) is 25.6. The second kappa shape index (κ2) is 11.0. The Labute approximate surface area is 202 Å². The molecule has 6 nitrogen and oxygen atoms in total. The maximum atomic E-state index is 13.7. The minimum atomic E-state index is -4.68. The number of esters is 1. The number of nitrogens with zero attached hydrogens (tertiary/aromatic N) is 2. The summed E-state index contributed by atoms with van der Waals surface area (Å²) in [5, 5.41) is 0. The SMILES string of the molecule is CCC(c1ccccc1)N(Cc1ccc(CC(=O)OC)cc1)S(=O)(=O)c1ccc(C(F)(F)F)nc1. The van der Waals surface area contributed by atoms with Crippen LogP contribution in [0.1, 0.15) is 41.8 Å². The fraction of sp³-hybridized carbons (Fsp3) is 0.280. The van der Waals surface area contributed by atoms with Crippen molar-refractivity contribution in [3.8, 4) is 0 Å². The first-order chi connectivity index (χ1) is 16.6. The van der Waals surface area contributed by atoms with E-state index < -0.39 is 33.9 Å². The van der Waals surface area contributed by atoms with Gasteiger partial charge in [0.05, 0.1) is 19.6 Å². The molecular formula is C25H25F3N2O4S. The van der Waals surface area contributed by atoms with Crippen LogP contribution >= 0.6 is 0 Å². The zero-order valence-electron chi connectivity index (χ0n) is 19.2. The van der Waals surface area contributed by atoms with Crippen molar-refractivity contribution in [1.29, 1.82) is 0 Å². The van der Waals surface area contributed by atoms with Crippen LogP contribution in [0.3, 0.4) is 0 Å². The van der Waals surface area contributed by atoms with Crippen LogP contribution < -0.4 is 0 Å². The van der Waals surface area contributed by atoms with E-state index in [2.05, 4.69) is 9.72 Å². The maximum Gasteiger partial charge on any atom is 0.433 e. The van der Waals surface area contributed by atoms with Crippen molar-refractivity contribution < 1.29 is 31.1 Å². The third-order valence-corrected chi connectivity index (χ3v) is 7.33. The summed E-state index contributed by atoms with van der Waals surface area (Å²) in [6, 6.07) is 16.9. The number of methoxy groups -OCH3 is 1. The van der Waals surface area contributed by atoms with Gasteiger partial charge in [0.1, 0.15) is 10.6 Å². The van der Waals surface area contributed by atoms with E-state index in [0.29, 0.717) is 23.6 Å². The quantitative estimate of drug-likeness (QED) is 0.375. The highest BCUT2D eigenvalue weighted by Crippen LogP contribution is 2.33. The molecule has 10 heteroatoms.